The SMILES string of the molecule is CCCn1ncnc1CC(NN)c1cc(C)c(C)s1. The minimum atomic E-state index is 0.0946. The summed E-state index contributed by atoms with van der Waals surface area (Å²) in [6.07, 6.45) is 3.42. The van der Waals surface area contributed by atoms with Gasteiger partial charge in [0.25, 0.3) is 0 Å². The fourth-order valence-corrected chi connectivity index (χ4v) is 3.15. The molecule has 0 saturated carbocycles. The number of thiophene rings is 1. The minimum absolute atomic E-state index is 0.0946. The summed E-state index contributed by atoms with van der Waals surface area (Å²) >= 11 is 1.79. The predicted molar refractivity (Wildman–Crippen MR) is 77.9 cm³/mol. The summed E-state index contributed by atoms with van der Waals surface area (Å²) in [4.78, 5) is 6.93. The van der Waals surface area contributed by atoms with E-state index in [0.29, 0.717) is 0 Å². The molecule has 0 aliphatic heterocycles. The first kappa shape index (κ1) is 14.2. The van der Waals surface area contributed by atoms with Gasteiger partial charge in [-0.1, -0.05) is 6.92 Å². The van der Waals surface area contributed by atoms with Gasteiger partial charge >= 0.3 is 0 Å². The van der Waals surface area contributed by atoms with Crippen molar-refractivity contribution < 1.29 is 0 Å². The van der Waals surface area contributed by atoms with Crippen LogP contribution in [-0.2, 0) is 13.0 Å². The second kappa shape index (κ2) is 6.27. The van der Waals surface area contributed by atoms with Crippen LogP contribution in [0.3, 0.4) is 0 Å². The quantitative estimate of drug-likeness (QED) is 0.628. The van der Waals surface area contributed by atoms with Gasteiger partial charge < -0.3 is 0 Å². The molecular weight excluding hydrogens is 258 g/mol. The van der Waals surface area contributed by atoms with Gasteiger partial charge in [-0.25, -0.2) is 4.98 Å². The lowest BCUT2D eigenvalue weighted by molar-refractivity contribution is 0.504. The van der Waals surface area contributed by atoms with Crippen LogP contribution in [0.1, 0.15) is 40.5 Å². The maximum Gasteiger partial charge on any atom is 0.138 e. The summed E-state index contributed by atoms with van der Waals surface area (Å²) in [5.74, 6) is 6.68. The van der Waals surface area contributed by atoms with E-state index in [0.717, 1.165) is 25.2 Å². The molecule has 0 aromatic carbocycles. The van der Waals surface area contributed by atoms with E-state index in [1.54, 1.807) is 17.7 Å². The normalized spacial score (nSPS) is 12.8. The van der Waals surface area contributed by atoms with Crippen molar-refractivity contribution in [2.45, 2.75) is 46.2 Å². The number of hydrogen-bond acceptors (Lipinski definition) is 5. The third-order valence-corrected chi connectivity index (χ3v) is 4.51. The number of hydrazine groups is 1. The van der Waals surface area contributed by atoms with Crippen LogP contribution >= 0.6 is 11.3 Å². The van der Waals surface area contributed by atoms with Gasteiger partial charge in [0, 0.05) is 22.7 Å². The van der Waals surface area contributed by atoms with Gasteiger partial charge in [0.15, 0.2) is 0 Å². The van der Waals surface area contributed by atoms with E-state index >= 15 is 0 Å². The molecule has 5 nitrogen and oxygen atoms in total. The van der Waals surface area contributed by atoms with Crippen LogP contribution in [0, 0.1) is 13.8 Å². The molecule has 0 amide bonds. The first-order valence-corrected chi connectivity index (χ1v) is 7.37. The molecule has 1 unspecified atom stereocenters. The first-order valence-electron chi connectivity index (χ1n) is 6.55. The molecule has 6 heteroatoms. The molecule has 2 aromatic heterocycles. The number of nitrogens with one attached hydrogen (secondary N) is 1. The molecule has 1 atom stereocenters. The topological polar surface area (TPSA) is 68.8 Å². The smallest absolute Gasteiger partial charge is 0.138 e. The van der Waals surface area contributed by atoms with Crippen LogP contribution in [0.4, 0.5) is 0 Å². The Balaban J connectivity index is 2.16. The molecular formula is C13H21N5S. The maximum absolute atomic E-state index is 5.70. The molecule has 0 radical (unpaired) electrons. The van der Waals surface area contributed by atoms with E-state index in [2.05, 4.69) is 42.3 Å². The molecule has 104 valence electrons. The van der Waals surface area contributed by atoms with Gasteiger partial charge in [0.2, 0.25) is 0 Å². The lowest BCUT2D eigenvalue weighted by Gasteiger charge is -2.14. The summed E-state index contributed by atoms with van der Waals surface area (Å²) in [6.45, 7) is 7.30. The summed E-state index contributed by atoms with van der Waals surface area (Å²) in [5.41, 5.74) is 4.21. The van der Waals surface area contributed by atoms with Gasteiger partial charge in [-0.3, -0.25) is 16.0 Å². The molecule has 0 aliphatic rings. The van der Waals surface area contributed by atoms with Gasteiger partial charge in [-0.05, 0) is 31.9 Å². The predicted octanol–water partition coefficient (Wildman–Crippen LogP) is 2.11. The average Bonchev–Trinajstić information content (AvgIpc) is 2.95. The van der Waals surface area contributed by atoms with E-state index in [4.69, 9.17) is 5.84 Å². The highest BCUT2D eigenvalue weighted by Crippen LogP contribution is 2.27. The Morgan fingerprint density at radius 3 is 2.84 bits per heavy atom. The number of nitrogens with zero attached hydrogens (tertiary/aromatic N) is 3. The van der Waals surface area contributed by atoms with Crippen LogP contribution in [0.25, 0.3) is 0 Å². The van der Waals surface area contributed by atoms with Crippen molar-refractivity contribution >= 4 is 11.3 Å². The zero-order valence-corrected chi connectivity index (χ0v) is 12.5. The molecule has 2 heterocycles. The molecule has 19 heavy (non-hydrogen) atoms. The molecule has 0 fully saturated rings. The van der Waals surface area contributed by atoms with Crippen LogP contribution in [0.5, 0.6) is 0 Å². The largest absolute Gasteiger partial charge is 0.271 e. The van der Waals surface area contributed by atoms with Crippen LogP contribution in [0.15, 0.2) is 12.4 Å². The third-order valence-electron chi connectivity index (χ3n) is 3.25. The Hall–Kier alpha value is -1.24. The summed E-state index contributed by atoms with van der Waals surface area (Å²) in [7, 11) is 0. The standard InChI is InChI=1S/C13H21N5S/c1-4-5-18-13(15-8-16-18)7-11(17-14)12-6-9(2)10(3)19-12/h6,8,11,17H,4-5,7,14H2,1-3H3. The van der Waals surface area contributed by atoms with Crippen LogP contribution in [0.2, 0.25) is 0 Å². The fourth-order valence-electron chi connectivity index (χ4n) is 2.04. The maximum atomic E-state index is 5.70. The van der Waals surface area contributed by atoms with Crippen molar-refractivity contribution in [3.63, 3.8) is 0 Å². The van der Waals surface area contributed by atoms with Gasteiger partial charge in [0.1, 0.15) is 12.2 Å². The monoisotopic (exact) mass is 279 g/mol. The molecule has 0 spiro atoms. The average molecular weight is 279 g/mol. The minimum Gasteiger partial charge on any atom is -0.271 e. The van der Waals surface area contributed by atoms with Crippen molar-refractivity contribution in [2.24, 2.45) is 5.84 Å². The highest BCUT2D eigenvalue weighted by Gasteiger charge is 2.17. The Morgan fingerprint density at radius 1 is 1.47 bits per heavy atom. The zero-order valence-electron chi connectivity index (χ0n) is 11.7. The van der Waals surface area contributed by atoms with Crippen LogP contribution in [-0.4, -0.2) is 14.8 Å². The van der Waals surface area contributed by atoms with Gasteiger partial charge in [-0.2, -0.15) is 5.10 Å². The molecule has 0 aliphatic carbocycles. The van der Waals surface area contributed by atoms with Crippen molar-refractivity contribution in [1.29, 1.82) is 0 Å². The lowest BCUT2D eigenvalue weighted by atomic mass is 10.1. The van der Waals surface area contributed by atoms with Crippen molar-refractivity contribution in [2.75, 3.05) is 0 Å². The Morgan fingerprint density at radius 2 is 2.26 bits per heavy atom. The van der Waals surface area contributed by atoms with E-state index in [1.165, 1.54) is 15.3 Å². The number of aromatic nitrogens is 3. The van der Waals surface area contributed by atoms with Crippen molar-refractivity contribution in [3.8, 4) is 0 Å². The second-order valence-electron chi connectivity index (χ2n) is 4.71. The highest BCUT2D eigenvalue weighted by atomic mass is 32.1. The van der Waals surface area contributed by atoms with E-state index in [1.807, 2.05) is 4.68 Å². The van der Waals surface area contributed by atoms with E-state index in [9.17, 15) is 0 Å². The Kier molecular flexibility index (Phi) is 4.68. The fraction of sp³-hybridized carbons (Fsp3) is 0.538. The number of aryl methyl sites for hydroxylation is 3. The van der Waals surface area contributed by atoms with E-state index < -0.39 is 0 Å². The molecule has 3 N–H and O–H groups in total. The molecule has 2 rings (SSSR count). The Labute approximate surface area is 117 Å². The number of rotatable bonds is 6. The third kappa shape index (κ3) is 3.20. The van der Waals surface area contributed by atoms with E-state index in [-0.39, 0.29) is 6.04 Å². The highest BCUT2D eigenvalue weighted by molar-refractivity contribution is 7.12. The summed E-state index contributed by atoms with van der Waals surface area (Å²) in [5, 5.41) is 4.25. The Bertz CT molecular complexity index is 511. The first-order chi connectivity index (χ1) is 9.15. The second-order valence-corrected chi connectivity index (χ2v) is 6.00. The molecule has 2 aromatic rings. The van der Waals surface area contributed by atoms with Gasteiger partial charge in [-0.15, -0.1) is 11.3 Å². The van der Waals surface area contributed by atoms with Crippen molar-refractivity contribution in [1.82, 2.24) is 20.2 Å². The zero-order chi connectivity index (χ0) is 13.8. The summed E-state index contributed by atoms with van der Waals surface area (Å²) in [6, 6.07) is 2.29. The van der Waals surface area contributed by atoms with Gasteiger partial charge in [0.05, 0.1) is 6.04 Å². The summed E-state index contributed by atoms with van der Waals surface area (Å²) < 4.78 is 1.96. The number of hydrogen-bond donors (Lipinski definition) is 2. The molecule has 0 bridgehead atoms. The number of nitrogens with two attached hydrogens (primary N) is 1. The molecule has 0 saturated heterocycles. The lowest BCUT2D eigenvalue weighted by Crippen LogP contribution is -2.30. The van der Waals surface area contributed by atoms with Crippen molar-refractivity contribution in [3.05, 3.63) is 33.5 Å². The van der Waals surface area contributed by atoms with Crippen LogP contribution < -0.4 is 11.3 Å².